The number of benzene rings is 3. The van der Waals surface area contributed by atoms with Gasteiger partial charge in [-0.3, -0.25) is 24.0 Å². The van der Waals surface area contributed by atoms with Crippen molar-refractivity contribution in [1.82, 2.24) is 31.5 Å². The van der Waals surface area contributed by atoms with Crippen LogP contribution in [0.1, 0.15) is 137 Å². The molecule has 7 atom stereocenters. The molecule has 3 fully saturated rings. The molecule has 13 nitrogen and oxygen atoms in total. The summed E-state index contributed by atoms with van der Waals surface area (Å²) in [7, 11) is 0. The zero-order valence-corrected chi connectivity index (χ0v) is 37.7. The predicted octanol–water partition coefficient (Wildman–Crippen LogP) is 7.16. The van der Waals surface area contributed by atoms with E-state index in [0.29, 0.717) is 24.2 Å². The normalized spacial score (nSPS) is 21.2. The summed E-state index contributed by atoms with van der Waals surface area (Å²) in [6.45, 7) is 4.89. The Labute approximate surface area is 379 Å². The van der Waals surface area contributed by atoms with Gasteiger partial charge in [0.25, 0.3) is 5.91 Å². The molecule has 3 aromatic carbocycles. The highest BCUT2D eigenvalue weighted by atomic mass is 16.2. The van der Waals surface area contributed by atoms with Crippen LogP contribution < -0.4 is 31.9 Å². The summed E-state index contributed by atoms with van der Waals surface area (Å²) < 4.78 is 0. The quantitative estimate of drug-likeness (QED) is 0.0492. The van der Waals surface area contributed by atoms with Gasteiger partial charge in [0.05, 0.1) is 11.8 Å². The van der Waals surface area contributed by atoms with Gasteiger partial charge in [-0.1, -0.05) is 132 Å². The maximum absolute atomic E-state index is 13.9. The Kier molecular flexibility index (Phi) is 18.2. The number of hydrogen-bond donors (Lipinski definition) is 6. The molecule has 6 N–H and O–H groups in total. The number of carbonyl (C=O) groups excluding carboxylic acids is 6. The van der Waals surface area contributed by atoms with Crippen molar-refractivity contribution < 1.29 is 28.8 Å². The highest BCUT2D eigenvalue weighted by Crippen LogP contribution is 2.42. The zero-order chi connectivity index (χ0) is 45.3. The number of anilines is 1. The molecule has 1 aliphatic heterocycles. The maximum Gasteiger partial charge on any atom is 0.319 e. The number of amides is 7. The summed E-state index contributed by atoms with van der Waals surface area (Å²) in [5.74, 6) is -2.31. The second kappa shape index (κ2) is 24.4. The molecule has 1 saturated heterocycles. The topological polar surface area (TPSA) is 178 Å². The fourth-order valence-corrected chi connectivity index (χ4v) is 8.78. The van der Waals surface area contributed by atoms with Gasteiger partial charge >= 0.3 is 6.03 Å². The summed E-state index contributed by atoms with van der Waals surface area (Å²) in [4.78, 5) is 82.3. The van der Waals surface area contributed by atoms with Crippen LogP contribution in [0.5, 0.6) is 0 Å². The third-order valence-corrected chi connectivity index (χ3v) is 12.8. The van der Waals surface area contributed by atoms with E-state index in [0.717, 1.165) is 64.2 Å². The lowest BCUT2D eigenvalue weighted by Crippen LogP contribution is -2.53. The first kappa shape index (κ1) is 47.8. The Bertz CT molecular complexity index is 1920. The lowest BCUT2D eigenvalue weighted by atomic mass is 9.94. The van der Waals surface area contributed by atoms with Crippen LogP contribution in [-0.4, -0.2) is 84.8 Å². The Hall–Kier alpha value is -5.72. The van der Waals surface area contributed by atoms with E-state index < -0.39 is 23.9 Å². The van der Waals surface area contributed by atoms with Gasteiger partial charge in [-0.15, -0.1) is 0 Å². The fraction of sp³-hybridized carbons (Fsp3) is 0.529. The number of rotatable bonds is 25. The molecule has 3 aromatic rings. The predicted molar refractivity (Wildman–Crippen MR) is 250 cm³/mol. The fourth-order valence-electron chi connectivity index (χ4n) is 8.78. The van der Waals surface area contributed by atoms with Crippen molar-refractivity contribution in [2.45, 2.75) is 134 Å². The van der Waals surface area contributed by atoms with Crippen molar-refractivity contribution in [1.29, 1.82) is 0 Å². The molecule has 344 valence electrons. The van der Waals surface area contributed by atoms with Crippen LogP contribution in [0.3, 0.4) is 0 Å². The number of carbonyl (C=O) groups is 6. The molecular weight excluding hydrogens is 807 g/mol. The maximum atomic E-state index is 13.9. The van der Waals surface area contributed by atoms with Crippen LogP contribution in [0.15, 0.2) is 84.9 Å². The molecule has 3 aliphatic rings. The molecule has 13 heteroatoms. The van der Waals surface area contributed by atoms with E-state index in [4.69, 9.17) is 0 Å². The molecule has 2 saturated carbocycles. The molecule has 64 heavy (non-hydrogen) atoms. The van der Waals surface area contributed by atoms with Gasteiger partial charge < -0.3 is 36.8 Å². The minimum Gasteiger partial charge on any atom is -0.354 e. The Morgan fingerprint density at radius 2 is 1.12 bits per heavy atom. The van der Waals surface area contributed by atoms with Gasteiger partial charge in [-0.25, -0.2) is 4.79 Å². The van der Waals surface area contributed by atoms with Crippen molar-refractivity contribution in [3.8, 4) is 0 Å². The summed E-state index contributed by atoms with van der Waals surface area (Å²) >= 11 is 0. The molecule has 0 aromatic heterocycles. The molecule has 0 unspecified atom stereocenters. The van der Waals surface area contributed by atoms with Gasteiger partial charge in [0.15, 0.2) is 0 Å². The minimum absolute atomic E-state index is 0.0201. The Morgan fingerprint density at radius 3 is 1.67 bits per heavy atom. The third-order valence-electron chi connectivity index (χ3n) is 12.8. The zero-order valence-electron chi connectivity index (χ0n) is 37.7. The van der Waals surface area contributed by atoms with Crippen molar-refractivity contribution in [3.05, 3.63) is 102 Å². The standard InChI is InChI=1S/C51H69N7O6/c1-3-5-7-9-10-11-18-24-46(59)55-45(49(62)52-29-19-8-6-4-2)32-53-51(64)54-38-27-25-37(26-28-38)50(63)58-33-41(47(60)56-43-30-39(43)35-20-14-12-15-21-35)42(34-58)48(61)57-44-31-40(44)36-22-16-13-17-23-36/h12-17,20-23,25-28,39-45H,3-11,18-19,24,29-34H2,1-2H3,(H,52,62)(H,55,59)(H,56,60)(H,57,61)(H2,53,54,64)/t39-,40-,41-,42-,43+,44+,45+/m1/s1. The lowest BCUT2D eigenvalue weighted by molar-refractivity contribution is -0.133. The minimum atomic E-state index is -0.935. The second-order valence-electron chi connectivity index (χ2n) is 17.9. The monoisotopic (exact) mass is 876 g/mol. The second-order valence-corrected chi connectivity index (χ2v) is 17.9. The van der Waals surface area contributed by atoms with Crippen LogP contribution in [0, 0.1) is 11.8 Å². The molecule has 0 bridgehead atoms. The van der Waals surface area contributed by atoms with Crippen LogP contribution in [0.2, 0.25) is 0 Å². The highest BCUT2D eigenvalue weighted by Gasteiger charge is 2.49. The van der Waals surface area contributed by atoms with E-state index in [1.165, 1.54) is 30.4 Å². The smallest absolute Gasteiger partial charge is 0.319 e. The molecule has 6 rings (SSSR count). The van der Waals surface area contributed by atoms with Gasteiger partial charge in [0.1, 0.15) is 6.04 Å². The first-order chi connectivity index (χ1) is 31.1. The first-order valence-corrected chi connectivity index (χ1v) is 23.9. The van der Waals surface area contributed by atoms with Crippen LogP contribution >= 0.6 is 0 Å². The molecular formula is C51H69N7O6. The van der Waals surface area contributed by atoms with Crippen molar-refractivity contribution in [2.75, 3.05) is 31.5 Å². The highest BCUT2D eigenvalue weighted by molar-refractivity contribution is 5.98. The van der Waals surface area contributed by atoms with Gasteiger partial charge in [-0.05, 0) is 61.1 Å². The number of hydrogen-bond acceptors (Lipinski definition) is 6. The SMILES string of the molecule is CCCCCCCCCC(=O)N[C@@H](CNC(=O)Nc1ccc(C(=O)N2C[C@@H](C(=O)N[C@H]3C[C@@H]3c3ccccc3)[C@H](C(=O)N[C@H]3C[C@@H]3c3ccccc3)C2)cc1)C(=O)NCCCCCC. The average Bonchev–Trinajstić information content (AvgIpc) is 4.22. The molecule has 2 aliphatic carbocycles. The van der Waals surface area contributed by atoms with Crippen LogP contribution in [0.25, 0.3) is 0 Å². The van der Waals surface area contributed by atoms with E-state index >= 15 is 0 Å². The largest absolute Gasteiger partial charge is 0.354 e. The van der Waals surface area contributed by atoms with Crippen molar-refractivity contribution in [2.24, 2.45) is 11.8 Å². The van der Waals surface area contributed by atoms with E-state index in [-0.39, 0.29) is 73.1 Å². The summed E-state index contributed by atoms with van der Waals surface area (Å²) in [6, 6.07) is 25.0. The summed E-state index contributed by atoms with van der Waals surface area (Å²) in [5, 5.41) is 17.6. The van der Waals surface area contributed by atoms with Gasteiger partial charge in [0.2, 0.25) is 23.6 Å². The molecule has 7 amide bonds. The average molecular weight is 876 g/mol. The summed E-state index contributed by atoms with van der Waals surface area (Å²) in [6.07, 6.45) is 13.5. The van der Waals surface area contributed by atoms with Crippen molar-refractivity contribution in [3.63, 3.8) is 0 Å². The Morgan fingerprint density at radius 1 is 0.609 bits per heavy atom. The molecule has 0 radical (unpaired) electrons. The molecule has 1 heterocycles. The number of nitrogens with one attached hydrogen (secondary N) is 6. The van der Waals surface area contributed by atoms with Crippen molar-refractivity contribution >= 4 is 41.3 Å². The van der Waals surface area contributed by atoms with Gasteiger partial charge in [0, 0.05) is 67.8 Å². The summed E-state index contributed by atoms with van der Waals surface area (Å²) in [5.41, 5.74) is 3.10. The lowest BCUT2D eigenvalue weighted by Gasteiger charge is -2.19. The number of unbranched alkanes of at least 4 members (excludes halogenated alkanes) is 9. The number of urea groups is 1. The number of likely N-dealkylation sites (tertiary alicyclic amines) is 1. The van der Waals surface area contributed by atoms with Crippen LogP contribution in [-0.2, 0) is 19.2 Å². The van der Waals surface area contributed by atoms with E-state index in [1.807, 2.05) is 36.4 Å². The first-order valence-electron chi connectivity index (χ1n) is 23.9. The third kappa shape index (κ3) is 14.4. The molecule has 0 spiro atoms. The Balaban J connectivity index is 1.02. The van der Waals surface area contributed by atoms with E-state index in [1.54, 1.807) is 29.2 Å². The van der Waals surface area contributed by atoms with E-state index in [2.05, 4.69) is 70.0 Å². The van der Waals surface area contributed by atoms with E-state index in [9.17, 15) is 28.8 Å². The van der Waals surface area contributed by atoms with Gasteiger partial charge in [-0.2, -0.15) is 0 Å². The number of nitrogens with zero attached hydrogens (tertiary/aromatic N) is 1. The van der Waals surface area contributed by atoms with Crippen LogP contribution in [0.4, 0.5) is 10.5 Å².